The lowest BCUT2D eigenvalue weighted by atomic mass is 9.99. The molecule has 5 rings (SSSR count). The van der Waals surface area contributed by atoms with Crippen molar-refractivity contribution in [2.75, 3.05) is 18.3 Å². The third-order valence-electron chi connectivity index (χ3n) is 5.12. The highest BCUT2D eigenvalue weighted by atomic mass is 31.1. The highest BCUT2D eigenvalue weighted by Gasteiger charge is 2.14. The number of benzene rings is 4. The van der Waals surface area contributed by atoms with Crippen LogP contribution in [0.25, 0.3) is 43.5 Å². The lowest BCUT2D eigenvalue weighted by Gasteiger charge is -2.08. The summed E-state index contributed by atoms with van der Waals surface area (Å²) in [6.45, 7) is 2.97. The average Bonchev–Trinajstić information content (AvgIpc) is 2.90. The molecule has 3 nitrogen and oxygen atoms in total. The molecule has 0 aliphatic carbocycles. The minimum atomic E-state index is -1.21. The van der Waals surface area contributed by atoms with Crippen LogP contribution in [-0.4, -0.2) is 13.6 Å². The summed E-state index contributed by atoms with van der Waals surface area (Å²) >= 11 is 0. The Kier molecular flexibility index (Phi) is 3.93. The molecule has 27 heavy (non-hydrogen) atoms. The fourth-order valence-electron chi connectivity index (χ4n) is 3.61. The Bertz CT molecular complexity index is 1240. The van der Waals surface area contributed by atoms with Crippen molar-refractivity contribution in [3.05, 3.63) is 72.8 Å². The van der Waals surface area contributed by atoms with Crippen LogP contribution in [0.4, 0.5) is 0 Å². The molecule has 0 bridgehead atoms. The molecule has 0 amide bonds. The Morgan fingerprint density at radius 3 is 1.67 bits per heavy atom. The zero-order valence-electron chi connectivity index (χ0n) is 15.3. The van der Waals surface area contributed by atoms with Gasteiger partial charge in [-0.15, -0.1) is 0 Å². The van der Waals surface area contributed by atoms with Crippen LogP contribution in [-0.2, 0) is 0 Å². The normalized spacial score (nSPS) is 11.8. The first-order chi connectivity index (χ1) is 13.3. The SMILES string of the molecule is CCN(C)p1oc2ccc3ccccc3c2c2c(ccc3ccccc32)o1. The summed E-state index contributed by atoms with van der Waals surface area (Å²) in [4.78, 5) is 0. The molecule has 4 aromatic carbocycles. The van der Waals surface area contributed by atoms with Gasteiger partial charge in [-0.25, -0.2) is 4.67 Å². The van der Waals surface area contributed by atoms with Gasteiger partial charge in [0, 0.05) is 24.4 Å². The van der Waals surface area contributed by atoms with Crippen molar-refractivity contribution < 1.29 is 8.39 Å². The third kappa shape index (κ3) is 2.63. The van der Waals surface area contributed by atoms with Gasteiger partial charge in [-0.3, -0.25) is 0 Å². The molecular weight excluding hydrogens is 353 g/mol. The first-order valence-corrected chi connectivity index (χ1v) is 10.3. The summed E-state index contributed by atoms with van der Waals surface area (Å²) in [6, 6.07) is 25.4. The number of rotatable bonds is 2. The molecule has 0 N–H and O–H groups in total. The fraction of sp³-hybridized carbons (Fsp3) is 0.130. The molecule has 0 spiro atoms. The van der Waals surface area contributed by atoms with E-state index in [2.05, 4.69) is 84.4 Å². The van der Waals surface area contributed by atoms with Crippen molar-refractivity contribution in [3.63, 3.8) is 0 Å². The lowest BCUT2D eigenvalue weighted by molar-refractivity contribution is 0.630. The van der Waals surface area contributed by atoms with E-state index in [9.17, 15) is 0 Å². The zero-order valence-corrected chi connectivity index (χ0v) is 16.2. The second-order valence-electron chi connectivity index (χ2n) is 6.71. The van der Waals surface area contributed by atoms with Crippen LogP contribution in [0.3, 0.4) is 0 Å². The van der Waals surface area contributed by atoms with Crippen molar-refractivity contribution in [1.82, 2.24) is 0 Å². The van der Waals surface area contributed by atoms with Gasteiger partial charge in [0.25, 0.3) is 0 Å². The van der Waals surface area contributed by atoms with E-state index >= 15 is 0 Å². The number of nitrogens with zero attached hydrogens (tertiary/aromatic N) is 1. The lowest BCUT2D eigenvalue weighted by Crippen LogP contribution is -2.10. The Morgan fingerprint density at radius 2 is 1.19 bits per heavy atom. The van der Waals surface area contributed by atoms with E-state index in [1.807, 2.05) is 7.05 Å². The molecule has 1 heterocycles. The molecule has 0 saturated heterocycles. The molecule has 134 valence electrons. The molecule has 0 fully saturated rings. The van der Waals surface area contributed by atoms with E-state index in [-0.39, 0.29) is 0 Å². The van der Waals surface area contributed by atoms with Crippen LogP contribution >= 0.6 is 8.16 Å². The van der Waals surface area contributed by atoms with Gasteiger partial charge in [-0.2, -0.15) is 0 Å². The Hall–Kier alpha value is -2.74. The van der Waals surface area contributed by atoms with Gasteiger partial charge < -0.3 is 8.39 Å². The summed E-state index contributed by atoms with van der Waals surface area (Å²) in [6.07, 6.45) is 0. The molecule has 1 aromatic heterocycles. The predicted molar refractivity (Wildman–Crippen MR) is 116 cm³/mol. The monoisotopic (exact) mass is 373 g/mol. The fourth-order valence-corrected chi connectivity index (χ4v) is 4.80. The maximum absolute atomic E-state index is 6.42. The summed E-state index contributed by atoms with van der Waals surface area (Å²) in [7, 11) is 0.830. The molecule has 0 saturated carbocycles. The third-order valence-corrected chi connectivity index (χ3v) is 6.67. The van der Waals surface area contributed by atoms with E-state index < -0.39 is 8.16 Å². The molecule has 5 aromatic rings. The Balaban J connectivity index is 2.13. The van der Waals surface area contributed by atoms with Crippen LogP contribution in [0.5, 0.6) is 0 Å². The standard InChI is InChI=1S/C23H20NO2P/c1-3-24(2)27-25-20-14-12-16-8-4-6-10-18(16)22(20)23-19-11-7-5-9-17(19)13-15-21(23)26-27/h4-15H,3H2,1-2H3. The van der Waals surface area contributed by atoms with Gasteiger partial charge >= 0.3 is 8.16 Å². The Labute approximate surface area is 158 Å². The summed E-state index contributed by atoms with van der Waals surface area (Å²) in [5, 5.41) is 7.02. The second kappa shape index (κ2) is 6.45. The summed E-state index contributed by atoms with van der Waals surface area (Å²) in [5.74, 6) is 0. The predicted octanol–water partition coefficient (Wildman–Crippen LogP) is 7.18. The van der Waals surface area contributed by atoms with Crippen LogP contribution in [0.2, 0.25) is 0 Å². The maximum atomic E-state index is 6.42. The molecular formula is C23H20NO2P. The molecule has 0 radical (unpaired) electrons. The molecule has 4 heteroatoms. The van der Waals surface area contributed by atoms with E-state index in [1.165, 1.54) is 21.5 Å². The minimum Gasteiger partial charge on any atom is -0.408 e. The van der Waals surface area contributed by atoms with Crippen LogP contribution in [0.1, 0.15) is 6.92 Å². The maximum Gasteiger partial charge on any atom is 0.309 e. The highest BCUT2D eigenvalue weighted by molar-refractivity contribution is 7.38. The summed E-state index contributed by atoms with van der Waals surface area (Å²) in [5.41, 5.74) is 1.77. The van der Waals surface area contributed by atoms with Gasteiger partial charge in [-0.05, 0) is 33.7 Å². The molecule has 0 aliphatic rings. The smallest absolute Gasteiger partial charge is 0.309 e. The van der Waals surface area contributed by atoms with Crippen LogP contribution < -0.4 is 4.67 Å². The van der Waals surface area contributed by atoms with Gasteiger partial charge in [0.1, 0.15) is 11.2 Å². The van der Waals surface area contributed by atoms with Crippen molar-refractivity contribution in [2.24, 2.45) is 0 Å². The van der Waals surface area contributed by atoms with Crippen molar-refractivity contribution in [3.8, 4) is 0 Å². The van der Waals surface area contributed by atoms with Gasteiger partial charge in [-0.1, -0.05) is 67.6 Å². The van der Waals surface area contributed by atoms with Gasteiger partial charge in [0.05, 0.1) is 0 Å². The largest absolute Gasteiger partial charge is 0.408 e. The van der Waals surface area contributed by atoms with E-state index in [1.54, 1.807) is 0 Å². The zero-order chi connectivity index (χ0) is 18.4. The first kappa shape index (κ1) is 16.4. The molecule has 0 aliphatic heterocycles. The molecule has 0 atom stereocenters. The number of fused-ring (bicyclic) bond motifs is 7. The van der Waals surface area contributed by atoms with Crippen LogP contribution in [0, 0.1) is 0 Å². The number of hydrogen-bond acceptors (Lipinski definition) is 3. The van der Waals surface area contributed by atoms with Crippen LogP contribution in [0.15, 0.2) is 81.2 Å². The van der Waals surface area contributed by atoms with Gasteiger partial charge in [0.15, 0.2) is 0 Å². The quantitative estimate of drug-likeness (QED) is 0.328. The van der Waals surface area contributed by atoms with Crippen molar-refractivity contribution >= 4 is 51.6 Å². The van der Waals surface area contributed by atoms with E-state index in [0.29, 0.717) is 0 Å². The van der Waals surface area contributed by atoms with E-state index in [0.717, 1.165) is 28.5 Å². The summed E-state index contributed by atoms with van der Waals surface area (Å²) < 4.78 is 15.0. The van der Waals surface area contributed by atoms with Crippen molar-refractivity contribution in [1.29, 1.82) is 0 Å². The molecule has 0 unspecified atom stereocenters. The Morgan fingerprint density at radius 1 is 0.704 bits per heavy atom. The highest BCUT2D eigenvalue weighted by Crippen LogP contribution is 2.41. The van der Waals surface area contributed by atoms with Gasteiger partial charge in [0.2, 0.25) is 0 Å². The average molecular weight is 373 g/mol. The topological polar surface area (TPSA) is 29.5 Å². The van der Waals surface area contributed by atoms with E-state index in [4.69, 9.17) is 8.39 Å². The number of hydrogen-bond donors (Lipinski definition) is 0. The minimum absolute atomic E-state index is 0.859. The second-order valence-corrected chi connectivity index (χ2v) is 8.24. The first-order valence-electron chi connectivity index (χ1n) is 9.17. The van der Waals surface area contributed by atoms with Crippen molar-refractivity contribution in [2.45, 2.75) is 6.92 Å².